The number of hydrogen-bond donors (Lipinski definition) is 8. The maximum absolute atomic E-state index is 12.6. The number of imidazole rings is 1. The second-order valence-electron chi connectivity index (χ2n) is 9.70. The molecule has 3 aromatic heterocycles. The molecule has 0 aliphatic carbocycles. The second-order valence-corrected chi connectivity index (χ2v) is 13.9. The molecule has 5 heterocycles. The van der Waals surface area contributed by atoms with E-state index in [2.05, 4.69) is 15.0 Å². The SMILES string of the molecule is Nc1ncnc2c1ncn2[C@@H]1O[C@H](COP(=O)(O)CP(=O)(O)OC[C@H]2O[C@@H](n3ccc(=O)[nH]c3=O)[C@@H](O)C2O)C(O)C1O. The lowest BCUT2D eigenvalue weighted by Gasteiger charge is -2.21. The molecular weight excluding hydrogens is 624 g/mol. The molecule has 3 aromatic rings. The van der Waals surface area contributed by atoms with E-state index in [0.717, 1.165) is 23.2 Å². The summed E-state index contributed by atoms with van der Waals surface area (Å²) in [5.74, 6) is -1.37. The van der Waals surface area contributed by atoms with Gasteiger partial charge in [0.1, 0.15) is 48.5 Å². The molecule has 2 aliphatic heterocycles. The van der Waals surface area contributed by atoms with Crippen molar-refractivity contribution in [1.82, 2.24) is 29.1 Å². The van der Waals surface area contributed by atoms with E-state index in [1.165, 1.54) is 10.9 Å². The van der Waals surface area contributed by atoms with Gasteiger partial charge in [-0.2, -0.15) is 0 Å². The van der Waals surface area contributed by atoms with Crippen LogP contribution in [0.4, 0.5) is 5.82 Å². The van der Waals surface area contributed by atoms with E-state index in [-0.39, 0.29) is 17.0 Å². The van der Waals surface area contributed by atoms with Gasteiger partial charge in [-0.15, -0.1) is 0 Å². The molecule has 5 rings (SSSR count). The van der Waals surface area contributed by atoms with Crippen LogP contribution in [-0.2, 0) is 27.7 Å². The van der Waals surface area contributed by atoms with Gasteiger partial charge in [0.2, 0.25) is 0 Å². The number of aromatic amines is 1. The number of aromatic nitrogens is 6. The highest BCUT2D eigenvalue weighted by atomic mass is 31.2. The summed E-state index contributed by atoms with van der Waals surface area (Å²) in [7, 11) is -9.81. The van der Waals surface area contributed by atoms with Crippen molar-refractivity contribution < 1.29 is 57.9 Å². The fraction of sp³-hybridized carbons (Fsp3) is 0.550. The van der Waals surface area contributed by atoms with Crippen LogP contribution in [0.3, 0.4) is 0 Å². The van der Waals surface area contributed by atoms with Crippen molar-refractivity contribution in [3.05, 3.63) is 45.8 Å². The van der Waals surface area contributed by atoms with Crippen molar-refractivity contribution in [2.24, 2.45) is 0 Å². The van der Waals surface area contributed by atoms with Crippen molar-refractivity contribution in [3.8, 4) is 0 Å². The average Bonchev–Trinajstić information content (AvgIpc) is 3.57. The van der Waals surface area contributed by atoms with Crippen LogP contribution in [-0.4, -0.2) is 115 Å². The highest BCUT2D eigenvalue weighted by Gasteiger charge is 2.47. The van der Waals surface area contributed by atoms with Crippen LogP contribution in [0, 0.1) is 0 Å². The van der Waals surface area contributed by atoms with Crippen LogP contribution in [0.25, 0.3) is 11.2 Å². The number of anilines is 1. The number of nitrogens with zero attached hydrogens (tertiary/aromatic N) is 5. The summed E-state index contributed by atoms with van der Waals surface area (Å²) in [6.07, 6.45) is -8.76. The molecule has 2 saturated heterocycles. The summed E-state index contributed by atoms with van der Waals surface area (Å²) in [5, 5.41) is 41.4. The normalized spacial score (nSPS) is 32.1. The number of aliphatic hydroxyl groups excluding tert-OH is 4. The van der Waals surface area contributed by atoms with E-state index in [0.29, 0.717) is 0 Å². The smallest absolute Gasteiger partial charge is 0.340 e. The molecule has 43 heavy (non-hydrogen) atoms. The molecule has 0 amide bonds. The van der Waals surface area contributed by atoms with Gasteiger partial charge in [0.25, 0.3) is 5.56 Å². The van der Waals surface area contributed by atoms with E-state index in [4.69, 9.17) is 24.3 Å². The molecule has 0 saturated carbocycles. The van der Waals surface area contributed by atoms with Gasteiger partial charge in [-0.25, -0.2) is 19.7 Å². The van der Waals surface area contributed by atoms with Crippen molar-refractivity contribution >= 4 is 32.2 Å². The van der Waals surface area contributed by atoms with Crippen LogP contribution in [0.15, 0.2) is 34.5 Å². The molecule has 0 radical (unpaired) electrons. The molecule has 236 valence electrons. The maximum atomic E-state index is 12.6. The van der Waals surface area contributed by atoms with Gasteiger partial charge in [-0.05, 0) is 0 Å². The van der Waals surface area contributed by atoms with Gasteiger partial charge in [0, 0.05) is 12.3 Å². The Bertz CT molecular complexity index is 1700. The number of nitrogens with one attached hydrogen (secondary N) is 1. The van der Waals surface area contributed by atoms with Crippen LogP contribution in [0.1, 0.15) is 12.5 Å². The molecule has 23 heteroatoms. The third-order valence-corrected chi connectivity index (χ3v) is 10.7. The maximum Gasteiger partial charge on any atom is 0.340 e. The molecule has 0 spiro atoms. The Labute approximate surface area is 239 Å². The topological polar surface area (TPSA) is 317 Å². The monoisotopic (exact) mass is 651 g/mol. The van der Waals surface area contributed by atoms with Crippen LogP contribution < -0.4 is 17.0 Å². The molecule has 5 unspecified atom stereocenters. The Morgan fingerprint density at radius 3 is 2.00 bits per heavy atom. The third kappa shape index (κ3) is 6.48. The zero-order chi connectivity index (χ0) is 31.3. The Morgan fingerprint density at radius 2 is 1.44 bits per heavy atom. The Kier molecular flexibility index (Phi) is 8.71. The molecular formula is C20H27N7O14P2. The first kappa shape index (κ1) is 31.5. The van der Waals surface area contributed by atoms with Crippen LogP contribution in [0.5, 0.6) is 0 Å². The second kappa shape index (κ2) is 11.9. The van der Waals surface area contributed by atoms with E-state index in [1.807, 2.05) is 4.98 Å². The van der Waals surface area contributed by atoms with Gasteiger partial charge < -0.3 is 54.5 Å². The Balaban J connectivity index is 1.16. The molecule has 10 atom stereocenters. The summed E-state index contributed by atoms with van der Waals surface area (Å²) < 4.78 is 47.9. The fourth-order valence-electron chi connectivity index (χ4n) is 4.56. The lowest BCUT2D eigenvalue weighted by Crippen LogP contribution is -2.37. The lowest BCUT2D eigenvalue weighted by atomic mass is 10.1. The van der Waals surface area contributed by atoms with Gasteiger partial charge in [0.05, 0.1) is 19.5 Å². The predicted octanol–water partition coefficient (Wildman–Crippen LogP) is -3.44. The van der Waals surface area contributed by atoms with Crippen molar-refractivity contribution in [2.75, 3.05) is 24.9 Å². The third-order valence-electron chi connectivity index (χ3n) is 6.70. The first-order valence-electron chi connectivity index (χ1n) is 12.4. The number of nitrogen functional groups attached to an aromatic ring is 1. The van der Waals surface area contributed by atoms with Crippen LogP contribution in [0.2, 0.25) is 0 Å². The Hall–Kier alpha value is -2.91. The fourth-order valence-corrected chi connectivity index (χ4v) is 7.78. The first-order valence-corrected chi connectivity index (χ1v) is 15.9. The van der Waals surface area contributed by atoms with E-state index in [9.17, 15) is 48.9 Å². The van der Waals surface area contributed by atoms with Crippen LogP contribution >= 0.6 is 15.2 Å². The van der Waals surface area contributed by atoms with Gasteiger partial charge in [-0.1, -0.05) is 0 Å². The van der Waals surface area contributed by atoms with Crippen molar-refractivity contribution in [1.29, 1.82) is 0 Å². The summed E-state index contributed by atoms with van der Waals surface area (Å²) >= 11 is 0. The van der Waals surface area contributed by atoms with Gasteiger partial charge in [-0.3, -0.25) is 28.0 Å². The highest BCUT2D eigenvalue weighted by molar-refractivity contribution is 7.70. The van der Waals surface area contributed by atoms with E-state index in [1.54, 1.807) is 0 Å². The zero-order valence-corrected chi connectivity index (χ0v) is 23.5. The predicted molar refractivity (Wildman–Crippen MR) is 139 cm³/mol. The number of hydrogen-bond acceptors (Lipinski definition) is 16. The van der Waals surface area contributed by atoms with E-state index < -0.39 is 94.6 Å². The molecule has 0 aromatic carbocycles. The number of rotatable bonds is 10. The number of nitrogens with two attached hydrogens (primary N) is 1. The van der Waals surface area contributed by atoms with E-state index >= 15 is 0 Å². The minimum Gasteiger partial charge on any atom is -0.387 e. The van der Waals surface area contributed by atoms with Crippen molar-refractivity contribution in [2.45, 2.75) is 49.1 Å². The zero-order valence-electron chi connectivity index (χ0n) is 21.7. The molecule has 9 N–H and O–H groups in total. The number of aliphatic hydroxyl groups is 4. The number of fused-ring (bicyclic) bond motifs is 1. The lowest BCUT2D eigenvalue weighted by molar-refractivity contribution is -0.0525. The molecule has 2 fully saturated rings. The number of H-pyrrole nitrogens is 1. The first-order chi connectivity index (χ1) is 20.2. The standard InChI is InChI=1S/C20H27N7O14P2/c21-16-11-17(23-5-22-16)27(6-24-11)19-15(32)13(30)9(41-19)4-39-43(36,37)7-42(34,35)38-3-8-12(29)14(31)18(40-8)26-2-1-10(28)25-20(26)33/h1-2,5-6,8-9,12-15,18-19,29-32H,3-4,7H2,(H,34,35)(H,36,37)(H2,21,22,23)(H,25,28,33)/t8-,9-,12?,13?,14+,15?,18-,19-/m1/s1. The van der Waals surface area contributed by atoms with Gasteiger partial charge in [0.15, 0.2) is 29.8 Å². The quantitative estimate of drug-likeness (QED) is 0.0988. The summed E-state index contributed by atoms with van der Waals surface area (Å²) in [5.41, 5.74) is 4.46. The largest absolute Gasteiger partial charge is 0.387 e. The minimum atomic E-state index is -4.91. The highest BCUT2D eigenvalue weighted by Crippen LogP contribution is 2.58. The molecule has 0 bridgehead atoms. The minimum absolute atomic E-state index is 0.0581. The Morgan fingerprint density at radius 1 is 0.884 bits per heavy atom. The summed E-state index contributed by atoms with van der Waals surface area (Å²) in [4.78, 5) is 57.4. The summed E-state index contributed by atoms with van der Waals surface area (Å²) in [6.45, 7) is -1.65. The average molecular weight is 651 g/mol. The molecule has 21 nitrogen and oxygen atoms in total. The number of ether oxygens (including phenoxy) is 2. The summed E-state index contributed by atoms with van der Waals surface area (Å²) in [6, 6.07) is 0.968. The molecule has 2 aliphatic rings. The van der Waals surface area contributed by atoms with Gasteiger partial charge >= 0.3 is 20.9 Å². The van der Waals surface area contributed by atoms with Crippen molar-refractivity contribution in [3.63, 3.8) is 0 Å².